The molecule has 4 heterocycles. The molecule has 11 nitrogen and oxygen atoms in total. The van der Waals surface area contributed by atoms with Gasteiger partial charge in [-0.2, -0.15) is 10.2 Å². The highest BCUT2D eigenvalue weighted by atomic mass is 19.1. The number of carbonyl (C=O) groups excluding carboxylic acids is 2. The van der Waals surface area contributed by atoms with E-state index < -0.39 is 41.7 Å². The smallest absolute Gasteiger partial charge is 0.341 e. The molecule has 1 aromatic carbocycles. The second kappa shape index (κ2) is 10.7. The van der Waals surface area contributed by atoms with E-state index in [0.29, 0.717) is 41.8 Å². The van der Waals surface area contributed by atoms with Gasteiger partial charge in [0.15, 0.2) is 17.4 Å². The third kappa shape index (κ3) is 5.17. The van der Waals surface area contributed by atoms with E-state index >= 15 is 0 Å². The van der Waals surface area contributed by atoms with Gasteiger partial charge < -0.3 is 20.1 Å². The van der Waals surface area contributed by atoms with Crippen molar-refractivity contribution in [2.24, 2.45) is 5.10 Å². The van der Waals surface area contributed by atoms with Crippen molar-refractivity contribution in [2.75, 3.05) is 13.1 Å². The Bertz CT molecular complexity index is 1560. The van der Waals surface area contributed by atoms with E-state index in [4.69, 9.17) is 4.74 Å². The fourth-order valence-corrected chi connectivity index (χ4v) is 5.41. The summed E-state index contributed by atoms with van der Waals surface area (Å²) >= 11 is 0. The molecule has 3 amide bonds. The first kappa shape index (κ1) is 27.7. The molecular weight excluding hydrogens is 555 g/mol. The van der Waals surface area contributed by atoms with Crippen molar-refractivity contribution in [3.8, 4) is 11.6 Å². The Kier molecular flexibility index (Phi) is 7.09. The van der Waals surface area contributed by atoms with Gasteiger partial charge in [0, 0.05) is 30.8 Å². The average molecular weight is 584 g/mol. The summed E-state index contributed by atoms with van der Waals surface area (Å²) in [7, 11) is 0. The van der Waals surface area contributed by atoms with Crippen molar-refractivity contribution in [3.63, 3.8) is 0 Å². The van der Waals surface area contributed by atoms with Gasteiger partial charge in [0.25, 0.3) is 5.91 Å². The van der Waals surface area contributed by atoms with Crippen LogP contribution in [0.5, 0.6) is 5.75 Å². The first-order chi connectivity index (χ1) is 20.1. The number of pyridine rings is 1. The number of rotatable bonds is 6. The quantitative estimate of drug-likeness (QED) is 0.460. The highest BCUT2D eigenvalue weighted by Crippen LogP contribution is 2.32. The molecule has 2 aliphatic heterocycles. The molecule has 42 heavy (non-hydrogen) atoms. The Labute approximate surface area is 238 Å². The summed E-state index contributed by atoms with van der Waals surface area (Å²) in [6, 6.07) is 3.29. The van der Waals surface area contributed by atoms with Gasteiger partial charge in [-0.15, -0.1) is 0 Å². The van der Waals surface area contributed by atoms with E-state index in [-0.39, 0.29) is 36.6 Å². The van der Waals surface area contributed by atoms with E-state index in [1.807, 2.05) is 0 Å². The van der Waals surface area contributed by atoms with Crippen molar-refractivity contribution in [3.05, 3.63) is 70.4 Å². The number of hydrogen-bond acceptors (Lipinski definition) is 7. The molecule has 220 valence electrons. The second-order valence-electron chi connectivity index (χ2n) is 10.8. The van der Waals surface area contributed by atoms with Crippen LogP contribution in [-0.2, 0) is 0 Å². The Hall–Kier alpha value is -4.46. The lowest BCUT2D eigenvalue weighted by Crippen LogP contribution is -2.58. The number of amides is 3. The molecule has 2 aromatic heterocycles. The van der Waals surface area contributed by atoms with E-state index in [2.05, 4.69) is 20.5 Å². The molecular formula is C28H28F3N7O4. The molecule has 6 rings (SSSR count). The van der Waals surface area contributed by atoms with Crippen molar-refractivity contribution in [1.82, 2.24) is 30.0 Å². The normalized spacial score (nSPS) is 21.7. The number of likely N-dealkylation sites (tertiary alicyclic amines) is 1. The van der Waals surface area contributed by atoms with E-state index in [1.54, 1.807) is 13.8 Å². The SMILES string of the molecule is Cc1nn(-c2cc(OC3CN(C(=O)N4N=CC[C@H]4c4cc(F)cc(F)c4)C3)c(F)cn2)c(C)c1C(=O)NC1CC(O)C1. The Morgan fingerprint density at radius 1 is 1.07 bits per heavy atom. The van der Waals surface area contributed by atoms with Crippen molar-refractivity contribution >= 4 is 18.2 Å². The number of aryl methyl sites for hydroxylation is 1. The highest BCUT2D eigenvalue weighted by molar-refractivity contribution is 5.96. The number of hydrazone groups is 1. The molecule has 2 N–H and O–H groups in total. The summed E-state index contributed by atoms with van der Waals surface area (Å²) < 4.78 is 49.4. The van der Waals surface area contributed by atoms with Crippen LogP contribution in [0.15, 0.2) is 35.6 Å². The number of aliphatic hydroxyl groups excluding tert-OH is 1. The van der Waals surface area contributed by atoms with Crippen LogP contribution in [0.1, 0.15) is 52.6 Å². The predicted molar refractivity (Wildman–Crippen MR) is 143 cm³/mol. The minimum atomic E-state index is -0.741. The third-order valence-electron chi connectivity index (χ3n) is 7.70. The zero-order chi connectivity index (χ0) is 29.7. The van der Waals surface area contributed by atoms with Crippen molar-refractivity contribution in [2.45, 2.75) is 57.4 Å². The molecule has 0 unspecified atom stereocenters. The predicted octanol–water partition coefficient (Wildman–Crippen LogP) is 3.17. The lowest BCUT2D eigenvalue weighted by atomic mass is 9.89. The Morgan fingerprint density at radius 3 is 2.48 bits per heavy atom. The molecule has 1 saturated heterocycles. The summed E-state index contributed by atoms with van der Waals surface area (Å²) in [4.78, 5) is 31.5. The average Bonchev–Trinajstić information content (AvgIpc) is 3.49. The summed E-state index contributed by atoms with van der Waals surface area (Å²) in [5, 5.41) is 22.1. The molecule has 0 spiro atoms. The van der Waals surface area contributed by atoms with Gasteiger partial charge in [-0.25, -0.2) is 32.6 Å². The summed E-state index contributed by atoms with van der Waals surface area (Å²) in [6.07, 6.45) is 2.91. The summed E-state index contributed by atoms with van der Waals surface area (Å²) in [5.74, 6) is -2.34. The minimum Gasteiger partial charge on any atom is -0.483 e. The third-order valence-corrected chi connectivity index (χ3v) is 7.70. The van der Waals surface area contributed by atoms with Gasteiger partial charge in [-0.05, 0) is 44.4 Å². The van der Waals surface area contributed by atoms with E-state index in [9.17, 15) is 27.9 Å². The van der Waals surface area contributed by atoms with Crippen LogP contribution in [0.25, 0.3) is 5.82 Å². The summed E-state index contributed by atoms with van der Waals surface area (Å²) in [6.45, 7) is 3.69. The van der Waals surface area contributed by atoms with Crippen LogP contribution in [0.2, 0.25) is 0 Å². The lowest BCUT2D eigenvalue weighted by molar-refractivity contribution is 0.0256. The summed E-state index contributed by atoms with van der Waals surface area (Å²) in [5.41, 5.74) is 1.65. The van der Waals surface area contributed by atoms with Crippen molar-refractivity contribution in [1.29, 1.82) is 0 Å². The highest BCUT2D eigenvalue weighted by Gasteiger charge is 2.39. The van der Waals surface area contributed by atoms with Gasteiger partial charge in [0.05, 0.1) is 48.4 Å². The maximum atomic E-state index is 14.7. The molecule has 14 heteroatoms. The molecule has 1 aliphatic carbocycles. The Balaban J connectivity index is 1.11. The molecule has 3 aromatic rings. The number of nitrogens with zero attached hydrogens (tertiary/aromatic N) is 6. The van der Waals surface area contributed by atoms with Crippen LogP contribution >= 0.6 is 0 Å². The zero-order valence-corrected chi connectivity index (χ0v) is 22.8. The van der Waals surface area contributed by atoms with Gasteiger partial charge in [-0.3, -0.25) is 4.79 Å². The van der Waals surface area contributed by atoms with Crippen LogP contribution in [0.3, 0.4) is 0 Å². The number of ether oxygens (including phenoxy) is 1. The first-order valence-electron chi connectivity index (χ1n) is 13.5. The second-order valence-corrected chi connectivity index (χ2v) is 10.8. The van der Waals surface area contributed by atoms with Crippen LogP contribution in [-0.4, -0.2) is 79.3 Å². The fourth-order valence-electron chi connectivity index (χ4n) is 5.41. The number of benzene rings is 1. The molecule has 2 fully saturated rings. The zero-order valence-electron chi connectivity index (χ0n) is 22.8. The lowest BCUT2D eigenvalue weighted by Gasteiger charge is -2.41. The number of urea groups is 1. The first-order valence-corrected chi connectivity index (χ1v) is 13.5. The van der Waals surface area contributed by atoms with E-state index in [1.165, 1.54) is 39.0 Å². The number of halogens is 3. The fraction of sp³-hybridized carbons (Fsp3) is 0.393. The van der Waals surface area contributed by atoms with Gasteiger partial charge in [0.2, 0.25) is 0 Å². The monoisotopic (exact) mass is 583 g/mol. The molecule has 3 aliphatic rings. The van der Waals surface area contributed by atoms with Crippen molar-refractivity contribution < 1.29 is 32.6 Å². The molecule has 1 saturated carbocycles. The molecule has 0 radical (unpaired) electrons. The minimum absolute atomic E-state index is 0.0913. The molecule has 1 atom stereocenters. The number of nitrogens with one attached hydrogen (secondary N) is 1. The Morgan fingerprint density at radius 2 is 1.79 bits per heavy atom. The van der Waals surface area contributed by atoms with Crippen LogP contribution < -0.4 is 10.1 Å². The van der Waals surface area contributed by atoms with Gasteiger partial charge in [-0.1, -0.05) is 0 Å². The molecule has 0 bridgehead atoms. The number of carbonyl (C=O) groups is 2. The standard InChI is InChI=1S/C28H28F3N7O4/c1-14-26(27(40)34-19-8-20(39)9-19)15(2)37(35-14)25-10-24(22(31)11-32-25)42-21-12-36(13-21)28(41)38-23(3-4-33-38)16-5-17(29)7-18(30)6-16/h4-7,10-11,19-21,23,39H,3,8-9,12-13H2,1-2H3,(H,34,40)/t19?,20?,23-/m0/s1. The largest absolute Gasteiger partial charge is 0.483 e. The topological polar surface area (TPSA) is 125 Å². The number of hydrogen-bond donors (Lipinski definition) is 2. The van der Waals surface area contributed by atoms with Gasteiger partial charge in [0.1, 0.15) is 17.7 Å². The number of aromatic nitrogens is 3. The maximum Gasteiger partial charge on any atom is 0.341 e. The van der Waals surface area contributed by atoms with Crippen LogP contribution in [0, 0.1) is 31.3 Å². The van der Waals surface area contributed by atoms with Crippen LogP contribution in [0.4, 0.5) is 18.0 Å². The van der Waals surface area contributed by atoms with Gasteiger partial charge >= 0.3 is 6.03 Å². The maximum absolute atomic E-state index is 14.7. The number of aliphatic hydroxyl groups is 1. The van der Waals surface area contributed by atoms with E-state index in [0.717, 1.165) is 12.3 Å².